The molecule has 2 aromatic heterocycles. The minimum Gasteiger partial charge on any atom is -0.309 e. The van der Waals surface area contributed by atoms with E-state index in [1.54, 1.807) is 0 Å². The largest absolute Gasteiger partial charge is 0.309 e. The maximum atomic E-state index is 5.29. The van der Waals surface area contributed by atoms with Crippen molar-refractivity contribution in [1.29, 1.82) is 0 Å². The molecule has 290 valence electrons. The Hall–Kier alpha value is -7.85. The summed E-state index contributed by atoms with van der Waals surface area (Å²) in [5.41, 5.74) is 15.2. The van der Waals surface area contributed by atoms with Gasteiger partial charge in [-0.25, -0.2) is 4.98 Å². The number of hydrogen-bond donors (Lipinski definition) is 0. The van der Waals surface area contributed by atoms with Gasteiger partial charge in [0.25, 0.3) is 0 Å². The first-order valence-electron chi connectivity index (χ1n) is 21.4. The van der Waals surface area contributed by atoms with E-state index in [9.17, 15) is 0 Å². The second kappa shape index (κ2) is 14.7. The molecule has 0 bridgehead atoms. The summed E-state index contributed by atoms with van der Waals surface area (Å²) in [5, 5.41) is 8.14. The van der Waals surface area contributed by atoms with E-state index in [4.69, 9.17) is 4.98 Å². The van der Waals surface area contributed by atoms with E-state index in [0.717, 1.165) is 33.8 Å². The van der Waals surface area contributed by atoms with Crippen molar-refractivity contribution in [2.24, 2.45) is 0 Å². The van der Waals surface area contributed by atoms with Crippen molar-refractivity contribution in [3.8, 4) is 61.6 Å². The Morgan fingerprint density at radius 2 is 0.758 bits per heavy atom. The van der Waals surface area contributed by atoms with Gasteiger partial charge in [-0.15, -0.1) is 0 Å². The summed E-state index contributed by atoms with van der Waals surface area (Å²) in [6, 6.07) is 89.2. The first-order valence-corrected chi connectivity index (χ1v) is 23.4. The Morgan fingerprint density at radius 3 is 1.39 bits per heavy atom. The van der Waals surface area contributed by atoms with Crippen LogP contribution in [0.2, 0.25) is 0 Å². The molecule has 0 unspecified atom stereocenters. The second-order valence-corrected chi connectivity index (χ2v) is 20.0. The highest BCUT2D eigenvalue weighted by molar-refractivity contribution is 7.22. The quantitative estimate of drug-likeness (QED) is 0.147. The van der Waals surface area contributed by atoms with Crippen LogP contribution in [0.15, 0.2) is 243 Å². The summed E-state index contributed by atoms with van der Waals surface area (Å²) in [7, 11) is -2.83. The van der Waals surface area contributed by atoms with Crippen LogP contribution in [0.5, 0.6) is 0 Å². The molecule has 0 amide bonds. The highest BCUT2D eigenvalue weighted by Gasteiger charge is 2.48. The van der Waals surface area contributed by atoms with Crippen molar-refractivity contribution < 1.29 is 0 Å². The van der Waals surface area contributed by atoms with E-state index >= 15 is 0 Å². The molecule has 2 nitrogen and oxygen atoms in total. The Kier molecular flexibility index (Phi) is 8.55. The molecule has 0 atom stereocenters. The van der Waals surface area contributed by atoms with E-state index in [1.165, 1.54) is 70.4 Å². The minimum atomic E-state index is -2.83. The number of pyridine rings is 1. The monoisotopic (exact) mass is 804 g/mol. The molecule has 0 saturated heterocycles. The van der Waals surface area contributed by atoms with Crippen LogP contribution in [0.1, 0.15) is 0 Å². The van der Waals surface area contributed by atoms with E-state index < -0.39 is 8.07 Å². The average Bonchev–Trinajstić information content (AvgIpc) is 3.85. The third-order valence-corrected chi connectivity index (χ3v) is 17.8. The summed E-state index contributed by atoms with van der Waals surface area (Å²) in [5.74, 6) is 0. The molecule has 0 fully saturated rings. The highest BCUT2D eigenvalue weighted by atomic mass is 28.3. The van der Waals surface area contributed by atoms with E-state index in [-0.39, 0.29) is 0 Å². The number of para-hydroxylation sites is 1. The number of rotatable bonds is 7. The fourth-order valence-corrected chi connectivity index (χ4v) is 15.2. The van der Waals surface area contributed by atoms with E-state index in [2.05, 4.69) is 247 Å². The van der Waals surface area contributed by atoms with Crippen molar-refractivity contribution >= 4 is 50.6 Å². The van der Waals surface area contributed by atoms with Gasteiger partial charge in [0.2, 0.25) is 0 Å². The Balaban J connectivity index is 1.04. The summed E-state index contributed by atoms with van der Waals surface area (Å²) >= 11 is 0. The van der Waals surface area contributed by atoms with E-state index in [1.807, 2.05) is 0 Å². The molecule has 9 aromatic carbocycles. The van der Waals surface area contributed by atoms with Gasteiger partial charge in [0.15, 0.2) is 8.07 Å². The normalized spacial score (nSPS) is 12.6. The van der Waals surface area contributed by atoms with Gasteiger partial charge in [0.1, 0.15) is 0 Å². The van der Waals surface area contributed by atoms with Crippen molar-refractivity contribution in [3.63, 3.8) is 0 Å². The third kappa shape index (κ3) is 5.74. The maximum Gasteiger partial charge on any atom is 0.180 e. The number of benzene rings is 9. The molecule has 1 aliphatic rings. The Bertz CT molecular complexity index is 3320. The Labute approximate surface area is 362 Å². The minimum absolute atomic E-state index is 0.964. The van der Waals surface area contributed by atoms with Crippen molar-refractivity contribution in [2.45, 2.75) is 0 Å². The highest BCUT2D eigenvalue weighted by Crippen LogP contribution is 2.36. The summed E-state index contributed by atoms with van der Waals surface area (Å²) in [6.45, 7) is 0. The molecule has 0 saturated carbocycles. The zero-order valence-electron chi connectivity index (χ0n) is 34.0. The lowest BCUT2D eigenvalue weighted by Crippen LogP contribution is -2.72. The lowest BCUT2D eigenvalue weighted by Gasteiger charge is -2.31. The SMILES string of the molecule is c1ccc(-c2ccc(-n3c4ccccc4c4cc([Si]5(c6ccc(-c7cc(-c8ccccc8)cc(-c8ccccc8)n7)cc6)c6ccccc6-c6ccccc65)ccc43)cc2)cc1. The second-order valence-electron chi connectivity index (χ2n) is 16.3. The zero-order chi connectivity index (χ0) is 41.0. The van der Waals surface area contributed by atoms with Gasteiger partial charge in [0.05, 0.1) is 22.4 Å². The standard InChI is InChI=1S/C59H40N2Si/c1-4-16-41(17-5-1)43-28-32-47(33-29-43)61-56-25-13-10-22-50(56)53-40-49(36-37-57(53)61)62(58-26-14-11-23-51(58)52-24-12-15-27-59(52)62)48-34-30-45(31-35-48)55-39-46(42-18-6-2-7-19-42)38-54(60-55)44-20-8-3-9-21-44/h1-40H. The van der Waals surface area contributed by atoms with E-state index in [0.29, 0.717) is 0 Å². The molecule has 12 rings (SSSR count). The van der Waals surface area contributed by atoms with Crippen LogP contribution in [-0.2, 0) is 0 Å². The van der Waals surface area contributed by atoms with Gasteiger partial charge >= 0.3 is 0 Å². The average molecular weight is 805 g/mol. The fraction of sp³-hybridized carbons (Fsp3) is 0. The molecule has 0 spiro atoms. The molecule has 1 aliphatic heterocycles. The van der Waals surface area contributed by atoms with Crippen LogP contribution in [-0.4, -0.2) is 17.6 Å². The lowest BCUT2D eigenvalue weighted by atomic mass is 10.00. The molecule has 0 radical (unpaired) electrons. The molecule has 0 N–H and O–H groups in total. The summed E-state index contributed by atoms with van der Waals surface area (Å²) < 4.78 is 2.43. The van der Waals surface area contributed by atoms with Crippen LogP contribution < -0.4 is 20.7 Å². The van der Waals surface area contributed by atoms with Crippen LogP contribution in [0.4, 0.5) is 0 Å². The van der Waals surface area contributed by atoms with Crippen LogP contribution in [0.25, 0.3) is 83.4 Å². The summed E-state index contributed by atoms with van der Waals surface area (Å²) in [4.78, 5) is 5.29. The maximum absolute atomic E-state index is 5.29. The predicted octanol–water partition coefficient (Wildman–Crippen LogP) is 12.2. The zero-order valence-corrected chi connectivity index (χ0v) is 35.0. The van der Waals surface area contributed by atoms with Crippen molar-refractivity contribution in [2.75, 3.05) is 0 Å². The lowest BCUT2D eigenvalue weighted by molar-refractivity contribution is 1.18. The third-order valence-electron chi connectivity index (χ3n) is 12.9. The van der Waals surface area contributed by atoms with Gasteiger partial charge in [-0.05, 0) is 90.5 Å². The van der Waals surface area contributed by atoms with Gasteiger partial charge in [0, 0.05) is 27.6 Å². The first kappa shape index (κ1) is 36.0. The molecule has 3 heteroatoms. The molecule has 3 heterocycles. The van der Waals surface area contributed by atoms with Crippen LogP contribution in [0.3, 0.4) is 0 Å². The first-order chi connectivity index (χ1) is 30.7. The van der Waals surface area contributed by atoms with Gasteiger partial charge < -0.3 is 4.57 Å². The smallest absolute Gasteiger partial charge is 0.180 e. The topological polar surface area (TPSA) is 17.8 Å². The molecular weight excluding hydrogens is 765 g/mol. The molecule has 62 heavy (non-hydrogen) atoms. The summed E-state index contributed by atoms with van der Waals surface area (Å²) in [6.07, 6.45) is 0. The van der Waals surface area contributed by atoms with Crippen molar-refractivity contribution in [1.82, 2.24) is 9.55 Å². The molecule has 0 aliphatic carbocycles. The Morgan fingerprint density at radius 1 is 0.306 bits per heavy atom. The number of aromatic nitrogens is 2. The van der Waals surface area contributed by atoms with Gasteiger partial charge in [-0.3, -0.25) is 0 Å². The predicted molar refractivity (Wildman–Crippen MR) is 263 cm³/mol. The van der Waals surface area contributed by atoms with Crippen molar-refractivity contribution in [3.05, 3.63) is 243 Å². The number of fused-ring (bicyclic) bond motifs is 6. The van der Waals surface area contributed by atoms with Crippen LogP contribution in [0, 0.1) is 0 Å². The van der Waals surface area contributed by atoms with Gasteiger partial charge in [-0.1, -0.05) is 206 Å². The van der Waals surface area contributed by atoms with Gasteiger partial charge in [-0.2, -0.15) is 0 Å². The molecule has 11 aromatic rings. The number of nitrogens with zero attached hydrogens (tertiary/aromatic N) is 2. The molecular formula is C59H40N2Si. The van der Waals surface area contributed by atoms with Crippen LogP contribution >= 0.6 is 0 Å². The fourth-order valence-electron chi connectivity index (χ4n) is 10.1. The number of hydrogen-bond acceptors (Lipinski definition) is 1.